The number of nitrogens with zero attached hydrogens (tertiary/aromatic N) is 4. The molecule has 10 heteroatoms. The van der Waals surface area contributed by atoms with Crippen molar-refractivity contribution in [1.29, 1.82) is 0 Å². The van der Waals surface area contributed by atoms with E-state index in [1.165, 1.54) is 6.92 Å². The lowest BCUT2D eigenvalue weighted by Crippen LogP contribution is -2.24. The van der Waals surface area contributed by atoms with Crippen molar-refractivity contribution >= 4 is 29.0 Å². The molecule has 8 nitrogen and oxygen atoms in total. The molecule has 2 aromatic rings. The SMILES string of the molecule is COC(C)CNc1cc(N2CC3(CC3)c3cnc(NC(C)=O)cc32)nc(C(C)(F)F)n1. The van der Waals surface area contributed by atoms with Crippen LogP contribution in [0.4, 0.5) is 31.9 Å². The Bertz CT molecular complexity index is 1010. The van der Waals surface area contributed by atoms with Crippen LogP contribution < -0.4 is 15.5 Å². The minimum atomic E-state index is -3.20. The van der Waals surface area contributed by atoms with E-state index in [1.54, 1.807) is 25.4 Å². The van der Waals surface area contributed by atoms with Gasteiger partial charge >= 0.3 is 5.92 Å². The number of rotatable bonds is 7. The van der Waals surface area contributed by atoms with Crippen LogP contribution in [0.5, 0.6) is 0 Å². The summed E-state index contributed by atoms with van der Waals surface area (Å²) >= 11 is 0. The molecule has 0 bridgehead atoms. The van der Waals surface area contributed by atoms with E-state index < -0.39 is 11.7 Å². The first-order chi connectivity index (χ1) is 14.6. The summed E-state index contributed by atoms with van der Waals surface area (Å²) in [4.78, 5) is 26.0. The van der Waals surface area contributed by atoms with Crippen molar-refractivity contribution in [1.82, 2.24) is 15.0 Å². The molecular formula is C21H26F2N6O2. The quantitative estimate of drug-likeness (QED) is 0.691. The van der Waals surface area contributed by atoms with Crippen molar-refractivity contribution < 1.29 is 18.3 Å². The molecule has 1 atom stereocenters. The van der Waals surface area contributed by atoms with Gasteiger partial charge < -0.3 is 20.3 Å². The van der Waals surface area contributed by atoms with Crippen LogP contribution in [0.15, 0.2) is 18.3 Å². The van der Waals surface area contributed by atoms with Gasteiger partial charge in [-0.2, -0.15) is 8.78 Å². The highest BCUT2D eigenvalue weighted by Gasteiger charge is 2.52. The number of nitrogens with one attached hydrogen (secondary N) is 2. The molecule has 166 valence electrons. The van der Waals surface area contributed by atoms with Crippen molar-refractivity contribution in [3.05, 3.63) is 29.7 Å². The molecule has 2 aliphatic rings. The molecule has 2 aromatic heterocycles. The lowest BCUT2D eigenvalue weighted by molar-refractivity contribution is -0.114. The third-order valence-corrected chi connectivity index (χ3v) is 5.72. The van der Waals surface area contributed by atoms with Crippen molar-refractivity contribution in [2.75, 3.05) is 35.7 Å². The number of hydrogen-bond acceptors (Lipinski definition) is 7. The molecule has 2 N–H and O–H groups in total. The fraction of sp³-hybridized carbons (Fsp3) is 0.524. The molecule has 1 saturated carbocycles. The van der Waals surface area contributed by atoms with E-state index in [-0.39, 0.29) is 17.4 Å². The number of amides is 1. The van der Waals surface area contributed by atoms with Gasteiger partial charge in [0, 0.05) is 63.4 Å². The predicted octanol–water partition coefficient (Wildman–Crippen LogP) is 3.57. The number of aromatic nitrogens is 3. The zero-order chi connectivity index (χ0) is 22.4. The van der Waals surface area contributed by atoms with Crippen LogP contribution in [-0.4, -0.2) is 47.2 Å². The molecule has 1 aliphatic heterocycles. The number of carbonyl (C=O) groups excluding carboxylic acids is 1. The highest BCUT2D eigenvalue weighted by atomic mass is 19.3. The lowest BCUT2D eigenvalue weighted by Gasteiger charge is -2.22. The van der Waals surface area contributed by atoms with E-state index in [0.717, 1.165) is 31.0 Å². The van der Waals surface area contributed by atoms with Crippen LogP contribution in [0.3, 0.4) is 0 Å². The van der Waals surface area contributed by atoms with Gasteiger partial charge in [0.2, 0.25) is 11.7 Å². The number of halogens is 2. The van der Waals surface area contributed by atoms with Crippen LogP contribution >= 0.6 is 0 Å². The average Bonchev–Trinajstić information content (AvgIpc) is 3.41. The Morgan fingerprint density at radius 1 is 1.32 bits per heavy atom. The smallest absolute Gasteiger partial charge is 0.303 e. The summed E-state index contributed by atoms with van der Waals surface area (Å²) in [7, 11) is 1.58. The van der Waals surface area contributed by atoms with Gasteiger partial charge in [-0.3, -0.25) is 4.79 Å². The van der Waals surface area contributed by atoms with Crippen LogP contribution in [0.2, 0.25) is 0 Å². The lowest BCUT2D eigenvalue weighted by atomic mass is 10.0. The normalized spacial score (nSPS) is 17.4. The van der Waals surface area contributed by atoms with E-state index in [9.17, 15) is 13.6 Å². The number of ether oxygens (including phenoxy) is 1. The van der Waals surface area contributed by atoms with Crippen LogP contribution in [0.25, 0.3) is 0 Å². The Hall–Kier alpha value is -2.88. The third-order valence-electron chi connectivity index (χ3n) is 5.72. The minimum Gasteiger partial charge on any atom is -0.380 e. The second-order valence-corrected chi connectivity index (χ2v) is 8.38. The fourth-order valence-corrected chi connectivity index (χ4v) is 3.77. The molecule has 1 fully saturated rings. The van der Waals surface area contributed by atoms with Crippen molar-refractivity contribution in [2.24, 2.45) is 0 Å². The predicted molar refractivity (Wildman–Crippen MR) is 113 cm³/mol. The maximum atomic E-state index is 14.2. The Morgan fingerprint density at radius 3 is 2.68 bits per heavy atom. The summed E-state index contributed by atoms with van der Waals surface area (Å²) in [5.41, 5.74) is 1.82. The Morgan fingerprint density at radius 2 is 2.06 bits per heavy atom. The second kappa shape index (κ2) is 7.67. The average molecular weight is 432 g/mol. The van der Waals surface area contributed by atoms with Gasteiger partial charge in [0.15, 0.2) is 0 Å². The molecule has 0 saturated heterocycles. The minimum absolute atomic E-state index is 0.0465. The van der Waals surface area contributed by atoms with E-state index >= 15 is 0 Å². The zero-order valence-corrected chi connectivity index (χ0v) is 18.0. The van der Waals surface area contributed by atoms with Gasteiger partial charge in [-0.05, 0) is 19.8 Å². The van der Waals surface area contributed by atoms with Crippen molar-refractivity contribution in [3.8, 4) is 0 Å². The van der Waals surface area contributed by atoms with E-state index in [4.69, 9.17) is 4.74 Å². The molecule has 1 aliphatic carbocycles. The summed E-state index contributed by atoms with van der Waals surface area (Å²) in [5.74, 6) is -2.88. The van der Waals surface area contributed by atoms with Crippen LogP contribution in [0.1, 0.15) is 45.0 Å². The summed E-state index contributed by atoms with van der Waals surface area (Å²) in [6.45, 7) is 5.10. The highest BCUT2D eigenvalue weighted by molar-refractivity contribution is 5.89. The molecule has 31 heavy (non-hydrogen) atoms. The van der Waals surface area contributed by atoms with Crippen molar-refractivity contribution in [2.45, 2.75) is 51.1 Å². The first-order valence-electron chi connectivity index (χ1n) is 10.2. The van der Waals surface area contributed by atoms with Gasteiger partial charge in [-0.1, -0.05) is 0 Å². The molecule has 3 heterocycles. The fourth-order valence-electron chi connectivity index (χ4n) is 3.77. The van der Waals surface area contributed by atoms with Gasteiger partial charge in [0.1, 0.15) is 17.5 Å². The van der Waals surface area contributed by atoms with Crippen LogP contribution in [-0.2, 0) is 20.9 Å². The zero-order valence-electron chi connectivity index (χ0n) is 18.0. The van der Waals surface area contributed by atoms with E-state index in [1.807, 2.05) is 11.8 Å². The topological polar surface area (TPSA) is 92.3 Å². The molecule has 1 amide bonds. The molecule has 0 aromatic carbocycles. The number of methoxy groups -OCH3 is 1. The largest absolute Gasteiger partial charge is 0.380 e. The number of fused-ring (bicyclic) bond motifs is 2. The number of anilines is 4. The van der Waals surface area contributed by atoms with E-state index in [0.29, 0.717) is 30.5 Å². The molecule has 1 spiro atoms. The van der Waals surface area contributed by atoms with Gasteiger partial charge in [0.05, 0.1) is 11.8 Å². The Balaban J connectivity index is 1.74. The second-order valence-electron chi connectivity index (χ2n) is 8.38. The van der Waals surface area contributed by atoms with Gasteiger partial charge in [-0.15, -0.1) is 0 Å². The summed E-state index contributed by atoms with van der Waals surface area (Å²) in [5, 5.41) is 5.75. The standard InChI is InChI=1S/C21H26F2N6O2/c1-12(31-4)9-24-17-8-18(28-19(27-17)20(3,22)23)29-11-21(5-6-21)14-10-25-16(7-15(14)29)26-13(2)30/h7-8,10,12H,5-6,9,11H2,1-4H3,(H,24,27,28)(H,25,26,30). The van der Waals surface area contributed by atoms with Gasteiger partial charge in [-0.25, -0.2) is 15.0 Å². The number of carbonyl (C=O) groups is 1. The Labute approximate surface area is 179 Å². The monoisotopic (exact) mass is 432 g/mol. The van der Waals surface area contributed by atoms with Crippen LogP contribution in [0, 0.1) is 0 Å². The van der Waals surface area contributed by atoms with Crippen molar-refractivity contribution in [3.63, 3.8) is 0 Å². The first kappa shape index (κ1) is 21.4. The molecule has 4 rings (SSSR count). The molecule has 0 radical (unpaired) electrons. The molecule has 1 unspecified atom stereocenters. The summed E-state index contributed by atoms with van der Waals surface area (Å²) in [6.07, 6.45) is 3.65. The number of alkyl halides is 2. The Kier molecular flexibility index (Phi) is 5.28. The number of hydrogen-bond donors (Lipinski definition) is 2. The maximum Gasteiger partial charge on any atom is 0.303 e. The first-order valence-corrected chi connectivity index (χ1v) is 10.2. The summed E-state index contributed by atoms with van der Waals surface area (Å²) < 4.78 is 33.6. The number of pyridine rings is 1. The maximum absolute atomic E-state index is 14.2. The summed E-state index contributed by atoms with van der Waals surface area (Å²) in [6, 6.07) is 3.44. The van der Waals surface area contributed by atoms with Gasteiger partial charge in [0.25, 0.3) is 0 Å². The molecular weight excluding hydrogens is 406 g/mol. The third kappa shape index (κ3) is 4.30. The van der Waals surface area contributed by atoms with E-state index in [2.05, 4.69) is 25.6 Å². The highest BCUT2D eigenvalue weighted by Crippen LogP contribution is 2.58.